The fourth-order valence-electron chi connectivity index (χ4n) is 1.26. The molecule has 18 heavy (non-hydrogen) atoms. The molecule has 0 radical (unpaired) electrons. The molecule has 100 valence electrons. The molecule has 0 saturated carbocycles. The highest BCUT2D eigenvalue weighted by atomic mass is 35.5. The van der Waals surface area contributed by atoms with Crippen LogP contribution in [0, 0.1) is 0 Å². The third-order valence-electron chi connectivity index (χ3n) is 1.90. The van der Waals surface area contributed by atoms with Gasteiger partial charge in [-0.25, -0.2) is 0 Å². The van der Waals surface area contributed by atoms with Crippen LogP contribution in [0.3, 0.4) is 0 Å². The monoisotopic (exact) mass is 291 g/mol. The molecular formula is C11H15Cl2N3O2. The second kappa shape index (κ2) is 7.92. The summed E-state index contributed by atoms with van der Waals surface area (Å²) < 4.78 is 0. The molecule has 0 aliphatic heterocycles. The van der Waals surface area contributed by atoms with Crippen LogP contribution in [0.1, 0.15) is 6.92 Å². The summed E-state index contributed by atoms with van der Waals surface area (Å²) >= 11 is 5.93. The number of nitrogens with one attached hydrogen (secondary N) is 3. The van der Waals surface area contributed by atoms with E-state index in [0.717, 1.165) is 0 Å². The number of benzene rings is 1. The second-order valence-electron chi connectivity index (χ2n) is 3.45. The van der Waals surface area contributed by atoms with Crippen molar-refractivity contribution in [2.75, 3.05) is 24.2 Å². The van der Waals surface area contributed by atoms with Crippen LogP contribution in [0.25, 0.3) is 0 Å². The zero-order valence-corrected chi connectivity index (χ0v) is 11.6. The Balaban J connectivity index is 0.00000289. The molecule has 0 bridgehead atoms. The van der Waals surface area contributed by atoms with Crippen LogP contribution < -0.4 is 16.0 Å². The molecule has 7 heteroatoms. The SMILES string of the molecule is CNCC(=O)Nc1cc(NC(C)=O)ccc1Cl.Cl. The Morgan fingerprint density at radius 2 is 1.94 bits per heavy atom. The molecule has 1 aromatic carbocycles. The lowest BCUT2D eigenvalue weighted by Crippen LogP contribution is -2.25. The van der Waals surface area contributed by atoms with Crippen molar-refractivity contribution < 1.29 is 9.59 Å². The van der Waals surface area contributed by atoms with Gasteiger partial charge in [-0.05, 0) is 25.2 Å². The normalized spacial score (nSPS) is 9.28. The first-order valence-electron chi connectivity index (χ1n) is 5.04. The zero-order valence-electron chi connectivity index (χ0n) is 10.0. The highest BCUT2D eigenvalue weighted by molar-refractivity contribution is 6.33. The molecule has 1 aromatic rings. The molecule has 0 atom stereocenters. The maximum Gasteiger partial charge on any atom is 0.238 e. The second-order valence-corrected chi connectivity index (χ2v) is 3.86. The van der Waals surface area contributed by atoms with E-state index in [9.17, 15) is 9.59 Å². The van der Waals surface area contributed by atoms with Crippen molar-refractivity contribution >= 4 is 47.2 Å². The number of carbonyl (C=O) groups excluding carboxylic acids is 2. The molecule has 0 aliphatic carbocycles. The summed E-state index contributed by atoms with van der Waals surface area (Å²) in [6.45, 7) is 1.61. The molecule has 0 saturated heterocycles. The van der Waals surface area contributed by atoms with Gasteiger partial charge in [0.05, 0.1) is 17.3 Å². The van der Waals surface area contributed by atoms with E-state index in [4.69, 9.17) is 11.6 Å². The fourth-order valence-corrected chi connectivity index (χ4v) is 1.42. The van der Waals surface area contributed by atoms with Gasteiger partial charge in [-0.3, -0.25) is 9.59 Å². The Bertz CT molecular complexity index is 438. The summed E-state index contributed by atoms with van der Waals surface area (Å²) in [7, 11) is 1.68. The molecule has 0 heterocycles. The molecule has 2 amide bonds. The highest BCUT2D eigenvalue weighted by Gasteiger charge is 2.06. The highest BCUT2D eigenvalue weighted by Crippen LogP contribution is 2.25. The molecular weight excluding hydrogens is 277 g/mol. The molecule has 5 nitrogen and oxygen atoms in total. The maximum absolute atomic E-state index is 11.4. The van der Waals surface area contributed by atoms with E-state index in [1.54, 1.807) is 25.2 Å². The fraction of sp³-hybridized carbons (Fsp3) is 0.273. The van der Waals surface area contributed by atoms with Crippen molar-refractivity contribution in [2.45, 2.75) is 6.92 Å². The quantitative estimate of drug-likeness (QED) is 0.793. The first-order valence-corrected chi connectivity index (χ1v) is 5.42. The summed E-state index contributed by atoms with van der Waals surface area (Å²) in [4.78, 5) is 22.3. The van der Waals surface area contributed by atoms with Gasteiger partial charge in [0.15, 0.2) is 0 Å². The van der Waals surface area contributed by atoms with Crippen LogP contribution >= 0.6 is 24.0 Å². The molecule has 0 fully saturated rings. The van der Waals surface area contributed by atoms with E-state index in [0.29, 0.717) is 16.4 Å². The molecule has 1 rings (SSSR count). The molecule has 3 N–H and O–H groups in total. The Hall–Kier alpha value is -1.30. The minimum atomic E-state index is -0.200. The van der Waals surface area contributed by atoms with E-state index in [-0.39, 0.29) is 30.8 Å². The smallest absolute Gasteiger partial charge is 0.238 e. The third kappa shape index (κ3) is 5.35. The lowest BCUT2D eigenvalue weighted by molar-refractivity contribution is -0.115. The van der Waals surface area contributed by atoms with E-state index >= 15 is 0 Å². The van der Waals surface area contributed by atoms with Gasteiger partial charge in [0.25, 0.3) is 0 Å². The number of carbonyl (C=O) groups is 2. The number of rotatable bonds is 4. The van der Waals surface area contributed by atoms with Crippen molar-refractivity contribution in [2.24, 2.45) is 0 Å². The molecule has 0 aromatic heterocycles. The van der Waals surface area contributed by atoms with Crippen molar-refractivity contribution in [3.8, 4) is 0 Å². The number of halogens is 2. The number of anilines is 2. The summed E-state index contributed by atoms with van der Waals surface area (Å²) in [6.07, 6.45) is 0. The van der Waals surface area contributed by atoms with Crippen LogP contribution in [0.4, 0.5) is 11.4 Å². The van der Waals surface area contributed by atoms with Crippen LogP contribution in [-0.2, 0) is 9.59 Å². The average molecular weight is 292 g/mol. The average Bonchev–Trinajstić information content (AvgIpc) is 2.22. The van der Waals surface area contributed by atoms with Gasteiger partial charge in [-0.2, -0.15) is 0 Å². The summed E-state index contributed by atoms with van der Waals surface area (Å²) in [5.41, 5.74) is 1.06. The zero-order chi connectivity index (χ0) is 12.8. The van der Waals surface area contributed by atoms with Gasteiger partial charge < -0.3 is 16.0 Å². The van der Waals surface area contributed by atoms with Crippen LogP contribution in [0.2, 0.25) is 5.02 Å². The maximum atomic E-state index is 11.4. The number of hydrogen-bond donors (Lipinski definition) is 3. The topological polar surface area (TPSA) is 70.2 Å². The van der Waals surface area contributed by atoms with Crippen molar-refractivity contribution in [3.63, 3.8) is 0 Å². The van der Waals surface area contributed by atoms with Gasteiger partial charge in [-0.15, -0.1) is 12.4 Å². The minimum Gasteiger partial charge on any atom is -0.326 e. The van der Waals surface area contributed by atoms with Crippen molar-refractivity contribution in [3.05, 3.63) is 23.2 Å². The molecule has 0 aliphatic rings. The molecule has 0 unspecified atom stereocenters. The van der Waals surface area contributed by atoms with E-state index in [1.165, 1.54) is 6.92 Å². The van der Waals surface area contributed by atoms with Crippen molar-refractivity contribution in [1.29, 1.82) is 0 Å². The van der Waals surface area contributed by atoms with Gasteiger partial charge in [0, 0.05) is 12.6 Å². The Morgan fingerprint density at radius 3 is 2.50 bits per heavy atom. The number of likely N-dealkylation sites (N-methyl/N-ethyl adjacent to an activating group) is 1. The predicted octanol–water partition coefficient (Wildman–Crippen LogP) is 1.88. The predicted molar refractivity (Wildman–Crippen MR) is 75.6 cm³/mol. The van der Waals surface area contributed by atoms with Gasteiger partial charge >= 0.3 is 0 Å². The third-order valence-corrected chi connectivity index (χ3v) is 2.23. The Labute approximate surface area is 117 Å². The van der Waals surface area contributed by atoms with Crippen molar-refractivity contribution in [1.82, 2.24) is 5.32 Å². The van der Waals surface area contributed by atoms with Gasteiger partial charge in [0.2, 0.25) is 11.8 Å². The van der Waals surface area contributed by atoms with Crippen LogP contribution in [0.15, 0.2) is 18.2 Å². The standard InChI is InChI=1S/C11H14ClN3O2.ClH/c1-7(16)14-8-3-4-9(12)10(5-8)15-11(17)6-13-2;/h3-5,13H,6H2,1-2H3,(H,14,16)(H,15,17);1H. The van der Waals surface area contributed by atoms with Crippen LogP contribution in [-0.4, -0.2) is 25.4 Å². The summed E-state index contributed by atoms with van der Waals surface area (Å²) in [6, 6.07) is 4.89. The summed E-state index contributed by atoms with van der Waals surface area (Å²) in [5.74, 6) is -0.380. The van der Waals surface area contributed by atoms with E-state index in [2.05, 4.69) is 16.0 Å². The lowest BCUT2D eigenvalue weighted by atomic mass is 10.2. The Kier molecular flexibility index (Phi) is 7.35. The first-order chi connectivity index (χ1) is 8.02. The number of amides is 2. The lowest BCUT2D eigenvalue weighted by Gasteiger charge is -2.09. The first kappa shape index (κ1) is 16.7. The van der Waals surface area contributed by atoms with Crippen LogP contribution in [0.5, 0.6) is 0 Å². The summed E-state index contributed by atoms with van der Waals surface area (Å²) in [5, 5.41) is 8.40. The van der Waals surface area contributed by atoms with Gasteiger partial charge in [0.1, 0.15) is 0 Å². The largest absolute Gasteiger partial charge is 0.326 e. The van der Waals surface area contributed by atoms with E-state index < -0.39 is 0 Å². The molecule has 0 spiro atoms. The van der Waals surface area contributed by atoms with E-state index in [1.807, 2.05) is 0 Å². The Morgan fingerprint density at radius 1 is 1.28 bits per heavy atom. The minimum absolute atomic E-state index is 0. The number of hydrogen-bond acceptors (Lipinski definition) is 3. The van der Waals surface area contributed by atoms with Gasteiger partial charge in [-0.1, -0.05) is 11.6 Å².